The Morgan fingerprint density at radius 1 is 0.842 bits per heavy atom. The second-order valence-electron chi connectivity index (χ2n) is 5.00. The maximum absolute atomic E-state index is 10.2. The van der Waals surface area contributed by atoms with Crippen molar-refractivity contribution in [2.75, 3.05) is 0 Å². The molecular weight excluding hydrogens is 263 g/mol. The molecule has 19 heavy (non-hydrogen) atoms. The SMILES string of the molecule is CCCCCC/C=C\CCCCCCCC(=O)[O-].[K+]. The summed E-state index contributed by atoms with van der Waals surface area (Å²) in [6, 6.07) is 0. The molecule has 0 amide bonds. The van der Waals surface area contributed by atoms with Crippen LogP contribution in [0.3, 0.4) is 0 Å². The van der Waals surface area contributed by atoms with Crippen molar-refractivity contribution < 1.29 is 61.3 Å². The molecule has 0 saturated heterocycles. The van der Waals surface area contributed by atoms with Gasteiger partial charge in [0.25, 0.3) is 0 Å². The summed E-state index contributed by atoms with van der Waals surface area (Å²) in [5, 5.41) is 10.2. The number of carbonyl (C=O) groups is 1. The van der Waals surface area contributed by atoms with Gasteiger partial charge in [0.2, 0.25) is 0 Å². The van der Waals surface area contributed by atoms with Gasteiger partial charge >= 0.3 is 51.4 Å². The molecule has 0 aliphatic carbocycles. The number of carboxylic acids is 1. The van der Waals surface area contributed by atoms with Gasteiger partial charge in [0.05, 0.1) is 0 Å². The molecule has 0 bridgehead atoms. The van der Waals surface area contributed by atoms with Crippen molar-refractivity contribution in [3.05, 3.63) is 12.2 Å². The van der Waals surface area contributed by atoms with E-state index in [1.54, 1.807) is 0 Å². The van der Waals surface area contributed by atoms with Gasteiger partial charge < -0.3 is 9.90 Å². The fourth-order valence-corrected chi connectivity index (χ4v) is 1.99. The normalized spacial score (nSPS) is 10.6. The van der Waals surface area contributed by atoms with Gasteiger partial charge in [-0.1, -0.05) is 57.6 Å². The van der Waals surface area contributed by atoms with Crippen molar-refractivity contribution in [2.24, 2.45) is 0 Å². The molecule has 0 aromatic rings. The minimum atomic E-state index is -0.916. The molecule has 0 saturated carbocycles. The van der Waals surface area contributed by atoms with Gasteiger partial charge in [-0.05, 0) is 38.5 Å². The van der Waals surface area contributed by atoms with Crippen molar-refractivity contribution in [3.63, 3.8) is 0 Å². The number of allylic oxidation sites excluding steroid dienone is 2. The summed E-state index contributed by atoms with van der Waals surface area (Å²) in [7, 11) is 0. The van der Waals surface area contributed by atoms with Crippen LogP contribution < -0.4 is 56.5 Å². The summed E-state index contributed by atoms with van der Waals surface area (Å²) in [6.45, 7) is 2.24. The molecule has 106 valence electrons. The number of unbranched alkanes of at least 4 members (excludes halogenated alkanes) is 9. The second-order valence-corrected chi connectivity index (χ2v) is 5.00. The number of rotatable bonds is 13. The van der Waals surface area contributed by atoms with E-state index in [1.807, 2.05) is 0 Å². The zero-order valence-corrected chi connectivity index (χ0v) is 16.1. The van der Waals surface area contributed by atoms with Gasteiger partial charge in [-0.3, -0.25) is 0 Å². The van der Waals surface area contributed by atoms with E-state index < -0.39 is 5.97 Å². The molecule has 0 aromatic heterocycles. The van der Waals surface area contributed by atoms with Crippen molar-refractivity contribution in [3.8, 4) is 0 Å². The smallest absolute Gasteiger partial charge is 0.550 e. The number of hydrogen-bond donors (Lipinski definition) is 0. The maximum Gasteiger partial charge on any atom is 1.00 e. The topological polar surface area (TPSA) is 40.1 Å². The predicted molar refractivity (Wildman–Crippen MR) is 75.2 cm³/mol. The van der Waals surface area contributed by atoms with Crippen LogP contribution in [0.4, 0.5) is 0 Å². The van der Waals surface area contributed by atoms with E-state index in [0.29, 0.717) is 0 Å². The average Bonchev–Trinajstić information content (AvgIpc) is 2.34. The first-order valence-electron chi connectivity index (χ1n) is 7.62. The van der Waals surface area contributed by atoms with Crippen molar-refractivity contribution in [1.29, 1.82) is 0 Å². The van der Waals surface area contributed by atoms with Crippen LogP contribution in [0.1, 0.15) is 84.0 Å². The molecule has 0 rings (SSSR count). The molecule has 0 atom stereocenters. The van der Waals surface area contributed by atoms with Gasteiger partial charge in [0, 0.05) is 5.97 Å². The van der Waals surface area contributed by atoms with Crippen molar-refractivity contribution >= 4 is 5.97 Å². The van der Waals surface area contributed by atoms with Crippen LogP contribution in [-0.4, -0.2) is 5.97 Å². The Labute approximate surface area is 161 Å². The molecule has 0 aliphatic rings. The van der Waals surface area contributed by atoms with Gasteiger partial charge in [-0.15, -0.1) is 0 Å². The van der Waals surface area contributed by atoms with Crippen LogP contribution in [0.2, 0.25) is 0 Å². The molecule has 0 heterocycles. The summed E-state index contributed by atoms with van der Waals surface area (Å²) in [6.07, 6.45) is 18.0. The summed E-state index contributed by atoms with van der Waals surface area (Å²) in [5.74, 6) is -0.916. The third-order valence-electron chi connectivity index (χ3n) is 3.14. The predicted octanol–water partition coefficient (Wildman–Crippen LogP) is 0.998. The number of carbonyl (C=O) groups excluding carboxylic acids is 1. The first kappa shape index (κ1) is 22.1. The van der Waals surface area contributed by atoms with E-state index in [4.69, 9.17) is 0 Å². The summed E-state index contributed by atoms with van der Waals surface area (Å²) >= 11 is 0. The van der Waals surface area contributed by atoms with Crippen LogP contribution in [-0.2, 0) is 4.79 Å². The van der Waals surface area contributed by atoms with Crippen molar-refractivity contribution in [2.45, 2.75) is 84.0 Å². The first-order valence-corrected chi connectivity index (χ1v) is 7.62. The number of carboxylic acid groups (broad SMARTS) is 1. The van der Waals surface area contributed by atoms with E-state index in [1.165, 1.54) is 51.4 Å². The quantitative estimate of drug-likeness (QED) is 0.289. The zero-order chi connectivity index (χ0) is 13.5. The fraction of sp³-hybridized carbons (Fsp3) is 0.812. The summed E-state index contributed by atoms with van der Waals surface area (Å²) in [5.41, 5.74) is 0. The molecule has 0 aliphatic heterocycles. The van der Waals surface area contributed by atoms with E-state index in [2.05, 4.69) is 19.1 Å². The van der Waals surface area contributed by atoms with Crippen LogP contribution in [0, 0.1) is 0 Å². The van der Waals surface area contributed by atoms with Crippen molar-refractivity contribution in [1.82, 2.24) is 0 Å². The monoisotopic (exact) mass is 292 g/mol. The molecule has 0 N–H and O–H groups in total. The Balaban J connectivity index is 0. The largest absolute Gasteiger partial charge is 1.00 e. The summed E-state index contributed by atoms with van der Waals surface area (Å²) in [4.78, 5) is 10.2. The zero-order valence-electron chi connectivity index (χ0n) is 13.0. The Hall–Kier alpha value is 0.846. The van der Waals surface area contributed by atoms with Crippen LogP contribution in [0.5, 0.6) is 0 Å². The van der Waals surface area contributed by atoms with Gasteiger partial charge in [0.15, 0.2) is 0 Å². The molecular formula is C16H29KO2. The Bertz CT molecular complexity index is 215. The Kier molecular flexibility index (Phi) is 22.0. The minimum absolute atomic E-state index is 0. The maximum atomic E-state index is 10.2. The third-order valence-corrected chi connectivity index (χ3v) is 3.14. The van der Waals surface area contributed by atoms with Crippen LogP contribution in [0.25, 0.3) is 0 Å². The Morgan fingerprint density at radius 2 is 1.32 bits per heavy atom. The average molecular weight is 293 g/mol. The van der Waals surface area contributed by atoms with E-state index in [9.17, 15) is 9.90 Å². The standard InChI is InChI=1S/C16H30O2.K/c1-2-3-4-5-6-7-8-9-10-11-12-13-14-15-16(17)18;/h7-8H,2-6,9-15H2,1H3,(H,17,18);/q;+1/p-1/b8-7-;. The minimum Gasteiger partial charge on any atom is -0.550 e. The van der Waals surface area contributed by atoms with E-state index >= 15 is 0 Å². The van der Waals surface area contributed by atoms with Gasteiger partial charge in [-0.25, -0.2) is 0 Å². The number of hydrogen-bond acceptors (Lipinski definition) is 2. The van der Waals surface area contributed by atoms with Gasteiger partial charge in [0.1, 0.15) is 0 Å². The molecule has 3 heteroatoms. The molecule has 2 nitrogen and oxygen atoms in total. The van der Waals surface area contributed by atoms with Gasteiger partial charge in [-0.2, -0.15) is 0 Å². The van der Waals surface area contributed by atoms with E-state index in [-0.39, 0.29) is 57.8 Å². The van der Waals surface area contributed by atoms with E-state index in [0.717, 1.165) is 19.3 Å². The molecule has 0 fully saturated rings. The molecule has 0 unspecified atom stereocenters. The second kappa shape index (κ2) is 18.8. The number of aliphatic carboxylic acids is 1. The van der Waals surface area contributed by atoms with Crippen LogP contribution in [0.15, 0.2) is 12.2 Å². The summed E-state index contributed by atoms with van der Waals surface area (Å²) < 4.78 is 0. The molecule has 0 spiro atoms. The fourth-order valence-electron chi connectivity index (χ4n) is 1.99. The van der Waals surface area contributed by atoms with Crippen LogP contribution >= 0.6 is 0 Å². The molecule has 0 radical (unpaired) electrons. The first-order chi connectivity index (χ1) is 8.77. The Morgan fingerprint density at radius 3 is 1.84 bits per heavy atom. The molecule has 0 aromatic carbocycles. The third kappa shape index (κ3) is 21.3.